The van der Waals surface area contributed by atoms with Crippen LogP contribution in [-0.2, 0) is 12.1 Å². The highest BCUT2D eigenvalue weighted by Gasteiger charge is 2.31. The Morgan fingerprint density at radius 2 is 1.92 bits per heavy atom. The van der Waals surface area contributed by atoms with Crippen molar-refractivity contribution < 1.29 is 9.50 Å². The van der Waals surface area contributed by atoms with Gasteiger partial charge in [0, 0.05) is 18.7 Å². The third-order valence-corrected chi connectivity index (χ3v) is 4.79. The number of nitrogens with zero attached hydrogens (tertiary/aromatic N) is 2. The van der Waals surface area contributed by atoms with Crippen LogP contribution in [0.5, 0.6) is 0 Å². The summed E-state index contributed by atoms with van der Waals surface area (Å²) >= 11 is 0. The lowest BCUT2D eigenvalue weighted by atomic mass is 9.87. The second-order valence-corrected chi connectivity index (χ2v) is 6.45. The quantitative estimate of drug-likeness (QED) is 0.939. The van der Waals surface area contributed by atoms with Gasteiger partial charge in [0.2, 0.25) is 0 Å². The summed E-state index contributed by atoms with van der Waals surface area (Å²) in [5.74, 6) is -0.281. The topological polar surface area (TPSA) is 47.3 Å². The fraction of sp³-hybridized carbons (Fsp3) is 0.350. The molecule has 1 fully saturated rings. The monoisotopic (exact) mass is 324 g/mol. The second kappa shape index (κ2) is 7.12. The Kier molecular flexibility index (Phi) is 4.94. The fourth-order valence-electron chi connectivity index (χ4n) is 3.38. The maximum Gasteiger partial charge on any atom is 0.127 e. The molecule has 3 nitrogen and oxygen atoms in total. The van der Waals surface area contributed by atoms with Crippen LogP contribution in [0.25, 0.3) is 0 Å². The summed E-state index contributed by atoms with van der Waals surface area (Å²) in [5.41, 5.74) is 1.15. The average molecular weight is 324 g/mol. The van der Waals surface area contributed by atoms with Gasteiger partial charge in [0.25, 0.3) is 0 Å². The van der Waals surface area contributed by atoms with Gasteiger partial charge in [0.05, 0.1) is 17.2 Å². The van der Waals surface area contributed by atoms with E-state index >= 15 is 0 Å². The van der Waals surface area contributed by atoms with Crippen molar-refractivity contribution in [3.63, 3.8) is 0 Å². The first-order chi connectivity index (χ1) is 11.6. The lowest BCUT2D eigenvalue weighted by Crippen LogP contribution is -2.29. The highest BCUT2D eigenvalue weighted by Crippen LogP contribution is 2.33. The molecule has 0 unspecified atom stereocenters. The molecular weight excluding hydrogens is 303 g/mol. The standard InChI is InChI=1S/C20H21FN2O/c21-19-8-7-16(14-22)13-17(19)15-23-11-4-9-20(24,10-12-23)18-5-2-1-3-6-18/h1-3,5-8,13,24H,4,9-12,15H2/t20-/m1/s1. The summed E-state index contributed by atoms with van der Waals surface area (Å²) < 4.78 is 14.0. The van der Waals surface area contributed by atoms with E-state index in [1.165, 1.54) is 12.1 Å². The molecule has 4 heteroatoms. The molecule has 0 amide bonds. The van der Waals surface area contributed by atoms with E-state index in [2.05, 4.69) is 11.0 Å². The third-order valence-electron chi connectivity index (χ3n) is 4.79. The number of hydrogen-bond acceptors (Lipinski definition) is 3. The molecule has 2 aromatic carbocycles. The first kappa shape index (κ1) is 16.6. The van der Waals surface area contributed by atoms with Gasteiger partial charge in [-0.1, -0.05) is 30.3 Å². The first-order valence-electron chi connectivity index (χ1n) is 8.29. The van der Waals surface area contributed by atoms with E-state index in [1.54, 1.807) is 6.07 Å². The smallest absolute Gasteiger partial charge is 0.127 e. The van der Waals surface area contributed by atoms with Crippen molar-refractivity contribution in [3.8, 4) is 6.07 Å². The number of aliphatic hydroxyl groups is 1. The van der Waals surface area contributed by atoms with Crippen LogP contribution < -0.4 is 0 Å². The zero-order chi connectivity index (χ0) is 17.0. The van der Waals surface area contributed by atoms with Crippen LogP contribution in [0.15, 0.2) is 48.5 Å². The molecule has 0 radical (unpaired) electrons. The largest absolute Gasteiger partial charge is 0.385 e. The summed E-state index contributed by atoms with van der Waals surface area (Å²) in [7, 11) is 0. The van der Waals surface area contributed by atoms with E-state index in [0.29, 0.717) is 37.1 Å². The average Bonchev–Trinajstić information content (AvgIpc) is 2.80. The van der Waals surface area contributed by atoms with Crippen LogP contribution >= 0.6 is 0 Å². The van der Waals surface area contributed by atoms with Gasteiger partial charge in [-0.15, -0.1) is 0 Å². The van der Waals surface area contributed by atoms with Gasteiger partial charge in [-0.25, -0.2) is 4.39 Å². The molecule has 1 aliphatic heterocycles. The molecule has 1 heterocycles. The fourth-order valence-corrected chi connectivity index (χ4v) is 3.38. The molecule has 0 bridgehead atoms. The molecule has 0 saturated carbocycles. The molecule has 0 aromatic heterocycles. The van der Waals surface area contributed by atoms with E-state index in [0.717, 1.165) is 18.5 Å². The predicted octanol–water partition coefficient (Wildman–Crippen LogP) is 3.57. The van der Waals surface area contributed by atoms with Crippen molar-refractivity contribution in [1.29, 1.82) is 5.26 Å². The molecular formula is C20H21FN2O. The van der Waals surface area contributed by atoms with Gasteiger partial charge in [0.15, 0.2) is 0 Å². The van der Waals surface area contributed by atoms with Crippen molar-refractivity contribution in [1.82, 2.24) is 4.90 Å². The number of nitriles is 1. The van der Waals surface area contributed by atoms with Crippen LogP contribution in [0.4, 0.5) is 4.39 Å². The van der Waals surface area contributed by atoms with Gasteiger partial charge < -0.3 is 5.11 Å². The number of benzene rings is 2. The SMILES string of the molecule is N#Cc1ccc(F)c(CN2CCC[C@](O)(c3ccccc3)CC2)c1. The molecule has 2 aromatic rings. The van der Waals surface area contributed by atoms with Crippen LogP contribution in [0, 0.1) is 17.1 Å². The summed E-state index contributed by atoms with van der Waals surface area (Å²) in [6.07, 6.45) is 2.18. The highest BCUT2D eigenvalue weighted by atomic mass is 19.1. The minimum atomic E-state index is -0.816. The second-order valence-electron chi connectivity index (χ2n) is 6.45. The molecule has 1 atom stereocenters. The molecule has 0 aliphatic carbocycles. The number of halogens is 1. The molecule has 1 saturated heterocycles. The minimum Gasteiger partial charge on any atom is -0.385 e. The predicted molar refractivity (Wildman–Crippen MR) is 90.6 cm³/mol. The summed E-state index contributed by atoms with van der Waals surface area (Å²) in [5, 5.41) is 20.0. The molecule has 1 aliphatic rings. The van der Waals surface area contributed by atoms with Crippen molar-refractivity contribution in [2.45, 2.75) is 31.4 Å². The first-order valence-corrected chi connectivity index (χ1v) is 8.29. The molecule has 0 spiro atoms. The Bertz CT molecular complexity index is 741. The Labute approximate surface area is 142 Å². The van der Waals surface area contributed by atoms with Gasteiger partial charge >= 0.3 is 0 Å². The summed E-state index contributed by atoms with van der Waals surface area (Å²) in [6, 6.07) is 16.3. The van der Waals surface area contributed by atoms with Crippen molar-refractivity contribution in [2.24, 2.45) is 0 Å². The van der Waals surface area contributed by atoms with Crippen molar-refractivity contribution in [3.05, 3.63) is 71.0 Å². The van der Waals surface area contributed by atoms with E-state index in [-0.39, 0.29) is 5.82 Å². The molecule has 1 N–H and O–H groups in total. The zero-order valence-electron chi connectivity index (χ0n) is 13.6. The number of likely N-dealkylation sites (tertiary alicyclic amines) is 1. The molecule has 3 rings (SSSR count). The summed E-state index contributed by atoms with van der Waals surface area (Å²) in [6.45, 7) is 1.97. The maximum atomic E-state index is 14.0. The van der Waals surface area contributed by atoms with Crippen LogP contribution in [-0.4, -0.2) is 23.1 Å². The number of rotatable bonds is 3. The van der Waals surface area contributed by atoms with Crippen molar-refractivity contribution >= 4 is 0 Å². The highest BCUT2D eigenvalue weighted by molar-refractivity contribution is 5.33. The lowest BCUT2D eigenvalue weighted by Gasteiger charge is -2.27. The minimum absolute atomic E-state index is 0.281. The maximum absolute atomic E-state index is 14.0. The third kappa shape index (κ3) is 3.64. The Hall–Kier alpha value is -2.22. The summed E-state index contributed by atoms with van der Waals surface area (Å²) in [4.78, 5) is 2.15. The van der Waals surface area contributed by atoms with Crippen molar-refractivity contribution in [2.75, 3.05) is 13.1 Å². The van der Waals surface area contributed by atoms with Crippen LogP contribution in [0.2, 0.25) is 0 Å². The van der Waals surface area contributed by atoms with Crippen LogP contribution in [0.1, 0.15) is 36.0 Å². The van der Waals surface area contributed by atoms with E-state index in [9.17, 15) is 9.50 Å². The zero-order valence-corrected chi connectivity index (χ0v) is 13.6. The Balaban J connectivity index is 1.71. The number of hydrogen-bond donors (Lipinski definition) is 1. The van der Waals surface area contributed by atoms with Gasteiger partial charge in [0.1, 0.15) is 5.82 Å². The van der Waals surface area contributed by atoms with Gasteiger partial charge in [-0.2, -0.15) is 5.26 Å². The van der Waals surface area contributed by atoms with E-state index in [1.807, 2.05) is 30.3 Å². The van der Waals surface area contributed by atoms with E-state index in [4.69, 9.17) is 5.26 Å². The Morgan fingerprint density at radius 1 is 1.12 bits per heavy atom. The molecule has 124 valence electrons. The lowest BCUT2D eigenvalue weighted by molar-refractivity contribution is 0.0210. The van der Waals surface area contributed by atoms with Crippen LogP contribution in [0.3, 0.4) is 0 Å². The van der Waals surface area contributed by atoms with E-state index < -0.39 is 5.60 Å². The molecule has 24 heavy (non-hydrogen) atoms. The Morgan fingerprint density at radius 3 is 2.67 bits per heavy atom. The van der Waals surface area contributed by atoms with Gasteiger partial charge in [-0.3, -0.25) is 4.90 Å². The normalized spacial score (nSPS) is 21.9. The van der Waals surface area contributed by atoms with Gasteiger partial charge in [-0.05, 0) is 49.6 Å².